The molecular formula is C14H14BrNO2. The summed E-state index contributed by atoms with van der Waals surface area (Å²) in [6, 6.07) is 7.69. The summed E-state index contributed by atoms with van der Waals surface area (Å²) in [5, 5.41) is 0. The van der Waals surface area contributed by atoms with Crippen molar-refractivity contribution < 1.29 is 9.53 Å². The van der Waals surface area contributed by atoms with Gasteiger partial charge in [0.15, 0.2) is 5.54 Å². The number of hydrogen-bond acceptors (Lipinski definition) is 3. The van der Waals surface area contributed by atoms with Gasteiger partial charge in [-0.15, -0.1) is 0 Å². The van der Waals surface area contributed by atoms with E-state index in [0.717, 1.165) is 35.7 Å². The van der Waals surface area contributed by atoms with Gasteiger partial charge in [0.25, 0.3) is 0 Å². The Kier molecular flexibility index (Phi) is 2.98. The molecule has 1 aliphatic heterocycles. The number of esters is 1. The van der Waals surface area contributed by atoms with Crippen molar-refractivity contribution in [3.63, 3.8) is 0 Å². The van der Waals surface area contributed by atoms with E-state index in [1.165, 1.54) is 6.42 Å². The maximum atomic E-state index is 12.1. The van der Waals surface area contributed by atoms with Gasteiger partial charge in [-0.2, -0.15) is 0 Å². The Balaban J connectivity index is 1.92. The average Bonchev–Trinajstić information content (AvgIpc) is 2.69. The molecule has 1 aliphatic carbocycles. The number of aliphatic imine (C=N–C) groups is 1. The molecule has 1 aromatic rings. The Morgan fingerprint density at radius 2 is 1.78 bits per heavy atom. The normalized spacial score (nSPS) is 21.8. The van der Waals surface area contributed by atoms with Gasteiger partial charge in [0, 0.05) is 10.0 Å². The van der Waals surface area contributed by atoms with Crippen LogP contribution in [0, 0.1) is 0 Å². The fourth-order valence-corrected chi connectivity index (χ4v) is 2.88. The highest BCUT2D eigenvalue weighted by Gasteiger charge is 2.46. The summed E-state index contributed by atoms with van der Waals surface area (Å²) in [6.45, 7) is 0. The number of rotatable bonds is 1. The Morgan fingerprint density at radius 3 is 2.44 bits per heavy atom. The van der Waals surface area contributed by atoms with Crippen LogP contribution >= 0.6 is 15.9 Å². The van der Waals surface area contributed by atoms with E-state index >= 15 is 0 Å². The molecule has 1 spiro atoms. The molecule has 18 heavy (non-hydrogen) atoms. The van der Waals surface area contributed by atoms with Crippen LogP contribution in [0.4, 0.5) is 0 Å². The number of carbonyl (C=O) groups excluding carboxylic acids is 1. The molecule has 4 heteroatoms. The number of halogens is 1. The lowest BCUT2D eigenvalue weighted by atomic mass is 9.83. The van der Waals surface area contributed by atoms with Gasteiger partial charge in [-0.05, 0) is 37.1 Å². The summed E-state index contributed by atoms with van der Waals surface area (Å²) >= 11 is 3.39. The van der Waals surface area contributed by atoms with Crippen LogP contribution in [0.1, 0.15) is 37.7 Å². The molecule has 0 saturated heterocycles. The molecule has 0 atom stereocenters. The monoisotopic (exact) mass is 307 g/mol. The van der Waals surface area contributed by atoms with E-state index in [2.05, 4.69) is 20.9 Å². The smallest absolute Gasteiger partial charge is 0.340 e. The van der Waals surface area contributed by atoms with Crippen molar-refractivity contribution in [2.45, 2.75) is 37.6 Å². The van der Waals surface area contributed by atoms with Crippen LogP contribution in [0.5, 0.6) is 0 Å². The maximum Gasteiger partial charge on any atom is 0.340 e. The van der Waals surface area contributed by atoms with E-state index in [4.69, 9.17) is 4.74 Å². The lowest BCUT2D eigenvalue weighted by Gasteiger charge is -2.25. The fourth-order valence-electron chi connectivity index (χ4n) is 2.61. The van der Waals surface area contributed by atoms with Crippen molar-refractivity contribution >= 4 is 27.8 Å². The second kappa shape index (κ2) is 4.50. The Morgan fingerprint density at radius 1 is 1.11 bits per heavy atom. The number of nitrogens with zero attached hydrogens (tertiary/aromatic N) is 1. The number of ether oxygens (including phenoxy) is 1. The molecule has 0 bridgehead atoms. The predicted molar refractivity (Wildman–Crippen MR) is 72.6 cm³/mol. The van der Waals surface area contributed by atoms with Gasteiger partial charge < -0.3 is 4.74 Å². The molecule has 1 fully saturated rings. The van der Waals surface area contributed by atoms with Crippen molar-refractivity contribution in [1.82, 2.24) is 0 Å². The topological polar surface area (TPSA) is 38.7 Å². The van der Waals surface area contributed by atoms with Gasteiger partial charge in [-0.3, -0.25) is 0 Å². The highest BCUT2D eigenvalue weighted by molar-refractivity contribution is 9.10. The largest absolute Gasteiger partial charge is 0.405 e. The third kappa shape index (κ3) is 1.99. The standard InChI is InChI=1S/C14H14BrNO2/c15-11-6-4-10(5-7-11)12-16-14(13(17)18-12)8-2-1-3-9-14/h4-7H,1-3,8-9H2. The summed E-state index contributed by atoms with van der Waals surface area (Å²) in [5.41, 5.74) is 0.287. The van der Waals surface area contributed by atoms with Crippen LogP contribution in [-0.4, -0.2) is 17.4 Å². The lowest BCUT2D eigenvalue weighted by molar-refractivity contribution is -0.140. The minimum Gasteiger partial charge on any atom is -0.405 e. The van der Waals surface area contributed by atoms with Gasteiger partial charge in [-0.25, -0.2) is 9.79 Å². The molecule has 1 aromatic carbocycles. The highest BCUT2D eigenvalue weighted by atomic mass is 79.9. The number of benzene rings is 1. The van der Waals surface area contributed by atoms with Gasteiger partial charge in [0.2, 0.25) is 5.90 Å². The van der Waals surface area contributed by atoms with E-state index in [1.807, 2.05) is 24.3 Å². The molecule has 0 radical (unpaired) electrons. The highest BCUT2D eigenvalue weighted by Crippen LogP contribution is 2.37. The zero-order valence-corrected chi connectivity index (χ0v) is 11.6. The molecule has 0 unspecified atom stereocenters. The molecule has 94 valence electrons. The van der Waals surface area contributed by atoms with E-state index in [9.17, 15) is 4.79 Å². The molecule has 3 rings (SSSR count). The minimum absolute atomic E-state index is 0.167. The second-order valence-corrected chi connectivity index (χ2v) is 5.82. The average molecular weight is 308 g/mol. The quantitative estimate of drug-likeness (QED) is 0.745. The molecule has 0 amide bonds. The summed E-state index contributed by atoms with van der Waals surface area (Å²) in [7, 11) is 0. The maximum absolute atomic E-state index is 12.1. The number of cyclic esters (lactones) is 1. The molecule has 0 N–H and O–H groups in total. The minimum atomic E-state index is -0.583. The molecule has 0 aromatic heterocycles. The van der Waals surface area contributed by atoms with Crippen molar-refractivity contribution in [3.05, 3.63) is 34.3 Å². The van der Waals surface area contributed by atoms with Crippen LogP contribution in [0.2, 0.25) is 0 Å². The van der Waals surface area contributed by atoms with Gasteiger partial charge >= 0.3 is 5.97 Å². The summed E-state index contributed by atoms with van der Waals surface area (Å²) in [4.78, 5) is 16.6. The zero-order valence-electron chi connectivity index (χ0n) is 9.99. The summed E-state index contributed by atoms with van der Waals surface area (Å²) < 4.78 is 6.38. The van der Waals surface area contributed by atoms with Crippen molar-refractivity contribution in [2.75, 3.05) is 0 Å². The molecular weight excluding hydrogens is 294 g/mol. The Labute approximate surface area is 114 Å². The van der Waals surface area contributed by atoms with Crippen LogP contribution in [-0.2, 0) is 9.53 Å². The Hall–Kier alpha value is -1.16. The van der Waals surface area contributed by atoms with Crippen molar-refractivity contribution in [1.29, 1.82) is 0 Å². The predicted octanol–water partition coefficient (Wildman–Crippen LogP) is 3.46. The summed E-state index contributed by atoms with van der Waals surface area (Å²) in [5.74, 6) is 0.314. The number of hydrogen-bond donors (Lipinski definition) is 0. The van der Waals surface area contributed by atoms with Gasteiger partial charge in [0.1, 0.15) is 0 Å². The number of carbonyl (C=O) groups is 1. The van der Waals surface area contributed by atoms with Crippen molar-refractivity contribution in [3.8, 4) is 0 Å². The fraction of sp³-hybridized carbons (Fsp3) is 0.429. The molecule has 3 nitrogen and oxygen atoms in total. The first-order valence-electron chi connectivity index (χ1n) is 6.28. The molecule has 2 aliphatic rings. The van der Waals surface area contributed by atoms with Crippen molar-refractivity contribution in [2.24, 2.45) is 4.99 Å². The lowest BCUT2D eigenvalue weighted by Crippen LogP contribution is -2.35. The summed E-state index contributed by atoms with van der Waals surface area (Å²) in [6.07, 6.45) is 4.97. The first kappa shape index (κ1) is 11.9. The van der Waals surface area contributed by atoms with E-state index in [1.54, 1.807) is 0 Å². The first-order valence-corrected chi connectivity index (χ1v) is 7.07. The van der Waals surface area contributed by atoms with E-state index < -0.39 is 5.54 Å². The molecule has 1 heterocycles. The Bertz CT molecular complexity index is 501. The second-order valence-electron chi connectivity index (χ2n) is 4.91. The zero-order chi connectivity index (χ0) is 12.6. The van der Waals surface area contributed by atoms with E-state index in [0.29, 0.717) is 5.90 Å². The van der Waals surface area contributed by atoms with E-state index in [-0.39, 0.29) is 5.97 Å². The van der Waals surface area contributed by atoms with Gasteiger partial charge in [0.05, 0.1) is 0 Å². The van der Waals surface area contributed by atoms with Crippen LogP contribution in [0.3, 0.4) is 0 Å². The SMILES string of the molecule is O=C1OC(c2ccc(Br)cc2)=NC12CCCCC2. The first-order chi connectivity index (χ1) is 8.70. The van der Waals surface area contributed by atoms with Crippen LogP contribution < -0.4 is 0 Å². The van der Waals surface area contributed by atoms with Crippen LogP contribution in [0.25, 0.3) is 0 Å². The molecule has 1 saturated carbocycles. The van der Waals surface area contributed by atoms with Crippen LogP contribution in [0.15, 0.2) is 33.7 Å². The third-order valence-corrected chi connectivity index (χ3v) is 4.19. The van der Waals surface area contributed by atoms with Gasteiger partial charge in [-0.1, -0.05) is 35.2 Å². The third-order valence-electron chi connectivity index (χ3n) is 3.66.